The van der Waals surface area contributed by atoms with Gasteiger partial charge in [-0.1, -0.05) is 38.1 Å². The van der Waals surface area contributed by atoms with Crippen LogP contribution in [-0.4, -0.2) is 32.1 Å². The molecule has 17 heavy (non-hydrogen) atoms. The molecule has 0 spiro atoms. The smallest absolute Gasteiger partial charge is 0.000776 e. The third kappa shape index (κ3) is 4.49. The van der Waals surface area contributed by atoms with Gasteiger partial charge in [0.05, 0.1) is 0 Å². The molecule has 1 aromatic carbocycles. The van der Waals surface area contributed by atoms with Gasteiger partial charge in [0, 0.05) is 0 Å². The van der Waals surface area contributed by atoms with Crippen LogP contribution in [0.2, 0.25) is 0 Å². The summed E-state index contributed by atoms with van der Waals surface area (Å²) in [5.74, 6) is 1.08. The van der Waals surface area contributed by atoms with E-state index in [9.17, 15) is 0 Å². The molecule has 1 unspecified atom stereocenters. The third-order valence-corrected chi connectivity index (χ3v) is 3.28. The van der Waals surface area contributed by atoms with Crippen LogP contribution in [0.25, 0.3) is 0 Å². The number of nitrogens with zero attached hydrogens (tertiary/aromatic N) is 1. The van der Waals surface area contributed by atoms with Crippen LogP contribution in [0.5, 0.6) is 0 Å². The van der Waals surface area contributed by atoms with E-state index in [0.717, 1.165) is 19.5 Å². The highest BCUT2D eigenvalue weighted by atomic mass is 15.0. The monoisotopic (exact) mass is 234 g/mol. The summed E-state index contributed by atoms with van der Waals surface area (Å²) in [6, 6.07) is 8.95. The summed E-state index contributed by atoms with van der Waals surface area (Å²) in [5.41, 5.74) is 8.64. The van der Waals surface area contributed by atoms with Crippen LogP contribution in [-0.2, 0) is 0 Å². The van der Waals surface area contributed by atoms with Gasteiger partial charge in [0.2, 0.25) is 0 Å². The minimum absolute atomic E-state index is 0.485. The summed E-state index contributed by atoms with van der Waals surface area (Å²) in [4.78, 5) is 2.21. The fourth-order valence-electron chi connectivity index (χ4n) is 1.99. The Labute approximate surface area is 106 Å². The maximum atomic E-state index is 5.87. The first-order valence-electron chi connectivity index (χ1n) is 6.49. The quantitative estimate of drug-likeness (QED) is 0.820. The first-order chi connectivity index (χ1) is 8.04. The van der Waals surface area contributed by atoms with Gasteiger partial charge < -0.3 is 10.6 Å². The lowest BCUT2D eigenvalue weighted by Gasteiger charge is -2.18. The zero-order valence-corrected chi connectivity index (χ0v) is 11.6. The van der Waals surface area contributed by atoms with E-state index in [1.807, 2.05) is 0 Å². The molecule has 96 valence electrons. The number of rotatable bonds is 6. The first kappa shape index (κ1) is 14.2. The molecule has 0 aromatic heterocycles. The van der Waals surface area contributed by atoms with Gasteiger partial charge in [-0.2, -0.15) is 0 Å². The average molecular weight is 234 g/mol. The second kappa shape index (κ2) is 6.77. The Bertz CT molecular complexity index is 314. The lowest BCUT2D eigenvalue weighted by molar-refractivity contribution is 0.382. The van der Waals surface area contributed by atoms with Crippen LogP contribution in [0.3, 0.4) is 0 Å². The van der Waals surface area contributed by atoms with E-state index >= 15 is 0 Å². The lowest BCUT2D eigenvalue weighted by Crippen LogP contribution is -2.20. The Hall–Kier alpha value is -0.860. The molecule has 0 bridgehead atoms. The summed E-state index contributed by atoms with van der Waals surface area (Å²) in [7, 11) is 4.21. The highest BCUT2D eigenvalue weighted by Gasteiger charge is 2.10. The molecule has 0 amide bonds. The summed E-state index contributed by atoms with van der Waals surface area (Å²) >= 11 is 0. The van der Waals surface area contributed by atoms with E-state index in [0.29, 0.717) is 11.8 Å². The van der Waals surface area contributed by atoms with Gasteiger partial charge in [-0.05, 0) is 56.6 Å². The first-order valence-corrected chi connectivity index (χ1v) is 6.49. The second-order valence-corrected chi connectivity index (χ2v) is 5.35. The van der Waals surface area contributed by atoms with Gasteiger partial charge in [-0.3, -0.25) is 0 Å². The molecule has 0 saturated carbocycles. The fraction of sp³-hybridized carbons (Fsp3) is 0.600. The molecular formula is C15H26N2. The van der Waals surface area contributed by atoms with E-state index in [-0.39, 0.29) is 0 Å². The Morgan fingerprint density at radius 1 is 1.06 bits per heavy atom. The van der Waals surface area contributed by atoms with E-state index in [1.54, 1.807) is 0 Å². The van der Waals surface area contributed by atoms with Crippen molar-refractivity contribution >= 4 is 0 Å². The molecule has 1 aromatic rings. The molecule has 0 heterocycles. The van der Waals surface area contributed by atoms with Crippen molar-refractivity contribution in [3.05, 3.63) is 35.4 Å². The van der Waals surface area contributed by atoms with Crippen LogP contribution < -0.4 is 5.73 Å². The van der Waals surface area contributed by atoms with Crippen molar-refractivity contribution < 1.29 is 0 Å². The van der Waals surface area contributed by atoms with Crippen molar-refractivity contribution in [1.82, 2.24) is 4.90 Å². The van der Waals surface area contributed by atoms with Crippen molar-refractivity contribution in [2.24, 2.45) is 5.73 Å². The van der Waals surface area contributed by atoms with Gasteiger partial charge in [0.1, 0.15) is 0 Å². The minimum Gasteiger partial charge on any atom is -0.330 e. The summed E-state index contributed by atoms with van der Waals surface area (Å²) in [6.45, 7) is 6.27. The van der Waals surface area contributed by atoms with Gasteiger partial charge in [0.15, 0.2) is 0 Å². The second-order valence-electron chi connectivity index (χ2n) is 5.35. The molecule has 2 heteroatoms. The lowest BCUT2D eigenvalue weighted by atomic mass is 9.93. The van der Waals surface area contributed by atoms with Crippen LogP contribution >= 0.6 is 0 Å². The molecule has 0 aliphatic rings. The maximum absolute atomic E-state index is 5.87. The summed E-state index contributed by atoms with van der Waals surface area (Å²) in [6.07, 6.45) is 1.13. The van der Waals surface area contributed by atoms with Crippen LogP contribution in [0, 0.1) is 0 Å². The number of benzene rings is 1. The molecule has 0 aliphatic heterocycles. The van der Waals surface area contributed by atoms with E-state index in [4.69, 9.17) is 5.73 Å². The average Bonchev–Trinajstić information content (AvgIpc) is 2.30. The van der Waals surface area contributed by atoms with Crippen LogP contribution in [0.15, 0.2) is 24.3 Å². The van der Waals surface area contributed by atoms with Gasteiger partial charge in [-0.15, -0.1) is 0 Å². The molecule has 0 fully saturated rings. The maximum Gasteiger partial charge on any atom is -0.000776 e. The van der Waals surface area contributed by atoms with Crippen LogP contribution in [0.1, 0.15) is 43.2 Å². The molecule has 0 radical (unpaired) electrons. The van der Waals surface area contributed by atoms with E-state index in [1.165, 1.54) is 11.1 Å². The molecule has 1 rings (SSSR count). The van der Waals surface area contributed by atoms with Gasteiger partial charge in [0.25, 0.3) is 0 Å². The van der Waals surface area contributed by atoms with E-state index < -0.39 is 0 Å². The molecule has 2 nitrogen and oxygen atoms in total. The zero-order chi connectivity index (χ0) is 12.8. The van der Waals surface area contributed by atoms with Gasteiger partial charge >= 0.3 is 0 Å². The molecule has 2 N–H and O–H groups in total. The standard InChI is InChI=1S/C15H26N2/c1-12(2)13-5-7-14(8-6-13)15(11-16)9-10-17(3)4/h5-8,12,15H,9-11,16H2,1-4H3. The Kier molecular flexibility index (Phi) is 5.66. The highest BCUT2D eigenvalue weighted by molar-refractivity contribution is 5.27. The van der Waals surface area contributed by atoms with Crippen molar-refractivity contribution in [1.29, 1.82) is 0 Å². The third-order valence-electron chi connectivity index (χ3n) is 3.28. The SMILES string of the molecule is CC(C)c1ccc(C(CN)CCN(C)C)cc1. The van der Waals surface area contributed by atoms with Crippen molar-refractivity contribution in [3.63, 3.8) is 0 Å². The molecule has 0 saturated heterocycles. The highest BCUT2D eigenvalue weighted by Crippen LogP contribution is 2.22. The normalized spacial score (nSPS) is 13.4. The Morgan fingerprint density at radius 3 is 2.00 bits per heavy atom. The topological polar surface area (TPSA) is 29.3 Å². The minimum atomic E-state index is 0.485. The summed E-state index contributed by atoms with van der Waals surface area (Å²) < 4.78 is 0. The Balaban J connectivity index is 2.68. The van der Waals surface area contributed by atoms with Crippen molar-refractivity contribution in [2.75, 3.05) is 27.2 Å². The van der Waals surface area contributed by atoms with Crippen molar-refractivity contribution in [3.8, 4) is 0 Å². The molecule has 0 aliphatic carbocycles. The van der Waals surface area contributed by atoms with Crippen LogP contribution in [0.4, 0.5) is 0 Å². The fourth-order valence-corrected chi connectivity index (χ4v) is 1.99. The predicted octanol–water partition coefficient (Wildman–Crippen LogP) is 2.80. The summed E-state index contributed by atoms with van der Waals surface area (Å²) in [5, 5.41) is 0. The van der Waals surface area contributed by atoms with E-state index in [2.05, 4.69) is 57.1 Å². The number of hydrogen-bond donors (Lipinski definition) is 1. The molecule has 1 atom stereocenters. The number of hydrogen-bond acceptors (Lipinski definition) is 2. The number of nitrogens with two attached hydrogens (primary N) is 1. The Morgan fingerprint density at radius 2 is 1.59 bits per heavy atom. The van der Waals surface area contributed by atoms with Crippen molar-refractivity contribution in [2.45, 2.75) is 32.1 Å². The van der Waals surface area contributed by atoms with Gasteiger partial charge in [-0.25, -0.2) is 0 Å². The molecular weight excluding hydrogens is 208 g/mol. The predicted molar refractivity (Wildman–Crippen MR) is 75.5 cm³/mol. The zero-order valence-electron chi connectivity index (χ0n) is 11.6. The largest absolute Gasteiger partial charge is 0.330 e.